The van der Waals surface area contributed by atoms with Gasteiger partial charge >= 0.3 is 0 Å². The molecule has 0 spiro atoms. The summed E-state index contributed by atoms with van der Waals surface area (Å²) in [5, 5.41) is 11.4. The molecular formula is C27H30N6O2. The minimum atomic E-state index is -0.888. The molecule has 8 heteroatoms. The second-order valence-electron chi connectivity index (χ2n) is 9.00. The number of fused-ring (bicyclic) bond motifs is 1. The number of amides is 2. The Labute approximate surface area is 205 Å². The topological polar surface area (TPSA) is 93.0 Å². The molecule has 0 fully saturated rings. The van der Waals surface area contributed by atoms with Gasteiger partial charge in [0.2, 0.25) is 11.8 Å². The van der Waals surface area contributed by atoms with E-state index >= 15 is 0 Å². The number of pyridine rings is 1. The molecule has 0 radical (unpaired) electrons. The molecule has 0 aliphatic rings. The molecule has 0 aliphatic heterocycles. The second-order valence-corrected chi connectivity index (χ2v) is 9.00. The van der Waals surface area contributed by atoms with Gasteiger partial charge in [0.25, 0.3) is 0 Å². The van der Waals surface area contributed by atoms with Gasteiger partial charge in [0.1, 0.15) is 18.1 Å². The number of rotatable bonds is 9. The van der Waals surface area contributed by atoms with Crippen molar-refractivity contribution in [3.05, 3.63) is 84.2 Å². The summed E-state index contributed by atoms with van der Waals surface area (Å²) in [6.07, 6.45) is 4.12. The summed E-state index contributed by atoms with van der Waals surface area (Å²) in [4.78, 5) is 33.2. The van der Waals surface area contributed by atoms with Crippen molar-refractivity contribution in [2.45, 2.75) is 39.8 Å². The lowest BCUT2D eigenvalue weighted by Crippen LogP contribution is -2.45. The summed E-state index contributed by atoms with van der Waals surface area (Å²) >= 11 is 0. The molecule has 1 atom stereocenters. The van der Waals surface area contributed by atoms with E-state index in [0.717, 1.165) is 17.5 Å². The maximum Gasteiger partial charge on any atom is 0.249 e. The summed E-state index contributed by atoms with van der Waals surface area (Å²) < 4.78 is 1.57. The summed E-state index contributed by atoms with van der Waals surface area (Å²) in [7, 11) is 0. The fourth-order valence-electron chi connectivity index (χ4n) is 3.92. The van der Waals surface area contributed by atoms with Crippen molar-refractivity contribution in [2.75, 3.05) is 11.4 Å². The van der Waals surface area contributed by atoms with E-state index in [4.69, 9.17) is 0 Å². The Morgan fingerprint density at radius 2 is 1.80 bits per heavy atom. The fraction of sp³-hybridized carbons (Fsp3) is 0.296. The Morgan fingerprint density at radius 1 is 1.03 bits per heavy atom. The van der Waals surface area contributed by atoms with Crippen molar-refractivity contribution in [1.82, 2.24) is 25.3 Å². The zero-order valence-corrected chi connectivity index (χ0v) is 20.3. The first-order valence-corrected chi connectivity index (χ1v) is 11.8. The Bertz CT molecular complexity index is 1280. The van der Waals surface area contributed by atoms with Crippen molar-refractivity contribution in [3.63, 3.8) is 0 Å². The minimum absolute atomic E-state index is 0.0651. The molecule has 0 unspecified atom stereocenters. The number of hydrogen-bond acceptors (Lipinski definition) is 5. The Kier molecular flexibility index (Phi) is 7.50. The number of anilines is 1. The zero-order valence-electron chi connectivity index (χ0n) is 20.3. The number of nitrogens with zero attached hydrogens (tertiary/aromatic N) is 5. The molecule has 180 valence electrons. The molecule has 0 bridgehead atoms. The highest BCUT2D eigenvalue weighted by Crippen LogP contribution is 2.29. The monoisotopic (exact) mass is 470 g/mol. The molecule has 2 amide bonds. The van der Waals surface area contributed by atoms with E-state index in [0.29, 0.717) is 29.2 Å². The van der Waals surface area contributed by atoms with Crippen LogP contribution in [0, 0.1) is 12.8 Å². The third kappa shape index (κ3) is 5.71. The van der Waals surface area contributed by atoms with Gasteiger partial charge in [0, 0.05) is 30.2 Å². The van der Waals surface area contributed by atoms with E-state index in [9.17, 15) is 9.59 Å². The molecule has 2 aromatic heterocycles. The van der Waals surface area contributed by atoms with Gasteiger partial charge < -0.3 is 5.32 Å². The first kappa shape index (κ1) is 24.1. The van der Waals surface area contributed by atoms with Crippen LogP contribution in [0.3, 0.4) is 0 Å². The third-order valence-electron chi connectivity index (χ3n) is 5.81. The molecule has 4 rings (SSSR count). The average Bonchev–Trinajstić information content (AvgIpc) is 3.26. The Balaban J connectivity index is 1.73. The van der Waals surface area contributed by atoms with E-state index in [-0.39, 0.29) is 18.4 Å². The SMILES string of the molecule is Cc1ccc(N(C(=O)Cn2nnc3ccccc32)[C@H](C(=O)NCCC(C)C)c2cccnc2)cc1. The van der Waals surface area contributed by atoms with E-state index in [1.54, 1.807) is 23.1 Å². The van der Waals surface area contributed by atoms with Crippen LogP contribution in [0.2, 0.25) is 0 Å². The highest BCUT2D eigenvalue weighted by atomic mass is 16.2. The van der Waals surface area contributed by atoms with Crippen LogP contribution >= 0.6 is 0 Å². The predicted molar refractivity (Wildman–Crippen MR) is 136 cm³/mol. The van der Waals surface area contributed by atoms with Crippen LogP contribution in [0.1, 0.15) is 37.4 Å². The van der Waals surface area contributed by atoms with Crippen LogP contribution in [-0.2, 0) is 16.1 Å². The molecule has 8 nitrogen and oxygen atoms in total. The highest BCUT2D eigenvalue weighted by Gasteiger charge is 2.33. The number of carbonyl (C=O) groups is 2. The van der Waals surface area contributed by atoms with Gasteiger partial charge in [-0.3, -0.25) is 19.5 Å². The van der Waals surface area contributed by atoms with E-state index in [2.05, 4.69) is 34.5 Å². The van der Waals surface area contributed by atoms with Crippen molar-refractivity contribution in [1.29, 1.82) is 0 Å². The van der Waals surface area contributed by atoms with Crippen LogP contribution in [0.5, 0.6) is 0 Å². The second kappa shape index (κ2) is 10.9. The number of aryl methyl sites for hydroxylation is 1. The predicted octanol–water partition coefficient (Wildman–Crippen LogP) is 4.07. The summed E-state index contributed by atoms with van der Waals surface area (Å²) in [5.74, 6) is -0.0871. The van der Waals surface area contributed by atoms with Crippen LogP contribution < -0.4 is 10.2 Å². The number of aromatic nitrogens is 4. The van der Waals surface area contributed by atoms with Crippen molar-refractivity contribution >= 4 is 28.5 Å². The van der Waals surface area contributed by atoms with Gasteiger partial charge in [-0.05, 0) is 49.6 Å². The molecule has 0 saturated heterocycles. The maximum atomic E-state index is 13.9. The molecule has 35 heavy (non-hydrogen) atoms. The Hall–Kier alpha value is -4.07. The molecule has 4 aromatic rings. The quantitative estimate of drug-likeness (QED) is 0.398. The lowest BCUT2D eigenvalue weighted by molar-refractivity contribution is -0.127. The van der Waals surface area contributed by atoms with Gasteiger partial charge in [-0.15, -0.1) is 5.10 Å². The normalized spacial score (nSPS) is 12.0. The average molecular weight is 471 g/mol. The molecule has 0 aliphatic carbocycles. The molecular weight excluding hydrogens is 440 g/mol. The van der Waals surface area contributed by atoms with Gasteiger partial charge in [0.05, 0.1) is 5.52 Å². The standard InChI is InChI=1S/C27H30N6O2/c1-19(2)14-16-29-27(35)26(21-7-6-15-28-17-21)33(22-12-10-20(3)11-13-22)25(34)18-32-24-9-5-4-8-23(24)30-31-32/h4-13,15,17,19,26H,14,16,18H2,1-3H3,(H,29,35)/t26-/m0/s1. The summed E-state index contributed by atoms with van der Waals surface area (Å²) in [6, 6.07) is 17.8. The highest BCUT2D eigenvalue weighted by molar-refractivity contribution is 6.01. The maximum absolute atomic E-state index is 13.9. The third-order valence-corrected chi connectivity index (χ3v) is 5.81. The van der Waals surface area contributed by atoms with Crippen molar-refractivity contribution in [2.24, 2.45) is 5.92 Å². The van der Waals surface area contributed by atoms with E-state index in [1.807, 2.05) is 61.5 Å². The van der Waals surface area contributed by atoms with Crippen molar-refractivity contribution in [3.8, 4) is 0 Å². The largest absolute Gasteiger partial charge is 0.354 e. The van der Waals surface area contributed by atoms with Crippen LogP contribution in [0.15, 0.2) is 73.1 Å². The first-order chi connectivity index (χ1) is 16.9. The number of carbonyl (C=O) groups excluding carboxylic acids is 2. The van der Waals surface area contributed by atoms with Gasteiger partial charge in [-0.1, -0.05) is 55.0 Å². The Morgan fingerprint density at radius 3 is 2.51 bits per heavy atom. The van der Waals surface area contributed by atoms with Crippen LogP contribution in [0.25, 0.3) is 11.0 Å². The smallest absolute Gasteiger partial charge is 0.249 e. The van der Waals surface area contributed by atoms with E-state index in [1.165, 1.54) is 4.90 Å². The van der Waals surface area contributed by atoms with Crippen LogP contribution in [0.4, 0.5) is 5.69 Å². The van der Waals surface area contributed by atoms with Crippen LogP contribution in [-0.4, -0.2) is 38.3 Å². The summed E-state index contributed by atoms with van der Waals surface area (Å²) in [5.41, 5.74) is 3.77. The van der Waals surface area contributed by atoms with Crippen molar-refractivity contribution < 1.29 is 9.59 Å². The van der Waals surface area contributed by atoms with E-state index < -0.39 is 6.04 Å². The lowest BCUT2D eigenvalue weighted by Gasteiger charge is -2.31. The number of hydrogen-bond donors (Lipinski definition) is 1. The number of nitrogens with one attached hydrogen (secondary N) is 1. The molecule has 2 aromatic carbocycles. The number of para-hydroxylation sites is 1. The fourth-order valence-corrected chi connectivity index (χ4v) is 3.92. The molecule has 2 heterocycles. The van der Waals surface area contributed by atoms with Gasteiger partial charge in [-0.2, -0.15) is 0 Å². The van der Waals surface area contributed by atoms with Gasteiger partial charge in [-0.25, -0.2) is 4.68 Å². The lowest BCUT2D eigenvalue weighted by atomic mass is 10.0. The minimum Gasteiger partial charge on any atom is -0.354 e. The number of benzene rings is 2. The molecule has 0 saturated carbocycles. The first-order valence-electron chi connectivity index (χ1n) is 11.8. The zero-order chi connectivity index (χ0) is 24.8. The van der Waals surface area contributed by atoms with Gasteiger partial charge in [0.15, 0.2) is 0 Å². The molecule has 1 N–H and O–H groups in total. The summed E-state index contributed by atoms with van der Waals surface area (Å²) in [6.45, 7) is 6.65.